The molecule has 2 aromatic rings. The van der Waals surface area contributed by atoms with Crippen LogP contribution in [0, 0.1) is 0 Å². The first-order valence-corrected chi connectivity index (χ1v) is 6.14. The number of benzene rings is 2. The van der Waals surface area contributed by atoms with Crippen LogP contribution in [0.25, 0.3) is 0 Å². The van der Waals surface area contributed by atoms with E-state index in [1.54, 1.807) is 12.1 Å². The zero-order valence-corrected chi connectivity index (χ0v) is 10.3. The summed E-state index contributed by atoms with van der Waals surface area (Å²) in [7, 11) is 0. The Kier molecular flexibility index (Phi) is 2.90. The third-order valence-corrected chi connectivity index (χ3v) is 3.36. The van der Waals surface area contributed by atoms with Crippen LogP contribution in [0.2, 0.25) is 5.02 Å². The van der Waals surface area contributed by atoms with Gasteiger partial charge in [0.1, 0.15) is 6.10 Å². The molecule has 0 spiro atoms. The lowest BCUT2D eigenvalue weighted by Crippen LogP contribution is -2.07. The van der Waals surface area contributed by atoms with Gasteiger partial charge in [0.25, 0.3) is 0 Å². The normalized spacial score (nSPS) is 21.6. The van der Waals surface area contributed by atoms with Gasteiger partial charge >= 0.3 is 0 Å². The van der Waals surface area contributed by atoms with Crippen LogP contribution in [0.1, 0.15) is 22.0 Å². The molecule has 3 heteroatoms. The molecular weight excluding hydrogens is 248 g/mol. The SMILES string of the molecule is O=C(c1ccccc1)[C@H]1O[C@H]1c1ccccc1Cl. The molecule has 0 radical (unpaired) electrons. The topological polar surface area (TPSA) is 29.6 Å². The number of ether oxygens (including phenoxy) is 1. The van der Waals surface area contributed by atoms with E-state index in [2.05, 4.69) is 0 Å². The second kappa shape index (κ2) is 4.56. The maximum Gasteiger partial charge on any atom is 0.194 e. The van der Waals surface area contributed by atoms with E-state index in [0.29, 0.717) is 10.6 Å². The predicted octanol–water partition coefficient (Wildman–Crippen LogP) is 3.66. The highest BCUT2D eigenvalue weighted by Gasteiger charge is 2.46. The smallest absolute Gasteiger partial charge is 0.194 e. The van der Waals surface area contributed by atoms with E-state index in [4.69, 9.17) is 16.3 Å². The summed E-state index contributed by atoms with van der Waals surface area (Å²) in [6, 6.07) is 16.6. The first-order chi connectivity index (χ1) is 8.77. The van der Waals surface area contributed by atoms with Crippen molar-refractivity contribution >= 4 is 17.4 Å². The minimum atomic E-state index is -0.396. The van der Waals surface area contributed by atoms with Gasteiger partial charge in [0, 0.05) is 16.1 Å². The molecule has 0 unspecified atom stereocenters. The average Bonchev–Trinajstić information content (AvgIpc) is 3.20. The third-order valence-electron chi connectivity index (χ3n) is 3.02. The van der Waals surface area contributed by atoms with Crippen LogP contribution in [-0.2, 0) is 4.74 Å². The van der Waals surface area contributed by atoms with Crippen LogP contribution in [-0.4, -0.2) is 11.9 Å². The van der Waals surface area contributed by atoms with Crippen molar-refractivity contribution in [3.05, 3.63) is 70.7 Å². The summed E-state index contributed by atoms with van der Waals surface area (Å²) >= 11 is 6.08. The minimum absolute atomic E-state index is 0.0144. The fraction of sp³-hybridized carbons (Fsp3) is 0.133. The number of halogens is 1. The van der Waals surface area contributed by atoms with Crippen molar-refractivity contribution in [2.75, 3.05) is 0 Å². The number of hydrogen-bond acceptors (Lipinski definition) is 2. The first kappa shape index (κ1) is 11.5. The van der Waals surface area contributed by atoms with Crippen LogP contribution in [0.3, 0.4) is 0 Å². The molecule has 1 saturated heterocycles. The number of ketones is 1. The van der Waals surface area contributed by atoms with E-state index in [9.17, 15) is 4.79 Å². The Morgan fingerprint density at radius 2 is 1.67 bits per heavy atom. The first-order valence-electron chi connectivity index (χ1n) is 5.76. The van der Waals surface area contributed by atoms with Crippen molar-refractivity contribution in [3.8, 4) is 0 Å². The molecule has 2 nitrogen and oxygen atoms in total. The van der Waals surface area contributed by atoms with Crippen molar-refractivity contribution in [2.45, 2.75) is 12.2 Å². The fourth-order valence-electron chi connectivity index (χ4n) is 2.02. The van der Waals surface area contributed by atoms with Gasteiger partial charge in [-0.1, -0.05) is 60.1 Å². The van der Waals surface area contributed by atoms with Crippen molar-refractivity contribution in [3.63, 3.8) is 0 Å². The zero-order chi connectivity index (χ0) is 12.5. The highest BCUT2D eigenvalue weighted by atomic mass is 35.5. The summed E-state index contributed by atoms with van der Waals surface area (Å²) in [5.74, 6) is 0.0144. The molecule has 1 aliphatic heterocycles. The number of epoxide rings is 1. The number of Topliss-reactive ketones (excluding diaryl/α,β-unsaturated/α-hetero) is 1. The standard InChI is InChI=1S/C15H11ClO2/c16-12-9-5-4-8-11(12)14-15(18-14)13(17)10-6-2-1-3-7-10/h1-9,14-15H/t14-,15+/m0/s1. The molecule has 1 fully saturated rings. The molecule has 2 aromatic carbocycles. The molecule has 90 valence electrons. The maximum atomic E-state index is 12.1. The quantitative estimate of drug-likeness (QED) is 0.621. The van der Waals surface area contributed by atoms with E-state index < -0.39 is 6.10 Å². The highest BCUT2D eigenvalue weighted by molar-refractivity contribution is 6.31. The molecule has 0 bridgehead atoms. The molecule has 0 aromatic heterocycles. The van der Waals surface area contributed by atoms with E-state index in [0.717, 1.165) is 5.56 Å². The van der Waals surface area contributed by atoms with Crippen LogP contribution < -0.4 is 0 Å². The molecule has 0 aliphatic carbocycles. The van der Waals surface area contributed by atoms with Crippen LogP contribution in [0.5, 0.6) is 0 Å². The molecule has 1 aliphatic rings. The minimum Gasteiger partial charge on any atom is -0.356 e. The van der Waals surface area contributed by atoms with Crippen LogP contribution in [0.4, 0.5) is 0 Å². The van der Waals surface area contributed by atoms with Gasteiger partial charge in [-0.3, -0.25) is 4.79 Å². The van der Waals surface area contributed by atoms with Crippen LogP contribution in [0.15, 0.2) is 54.6 Å². The molecule has 1 heterocycles. The molecule has 18 heavy (non-hydrogen) atoms. The average molecular weight is 259 g/mol. The van der Waals surface area contributed by atoms with Crippen molar-refractivity contribution < 1.29 is 9.53 Å². The Bertz CT molecular complexity index is 580. The van der Waals surface area contributed by atoms with Gasteiger partial charge in [-0.2, -0.15) is 0 Å². The molecule has 0 saturated carbocycles. The summed E-state index contributed by atoms with van der Waals surface area (Å²) in [4.78, 5) is 12.1. The highest BCUT2D eigenvalue weighted by Crippen LogP contribution is 2.43. The molecule has 0 N–H and O–H groups in total. The summed E-state index contributed by atoms with van der Waals surface area (Å²) < 4.78 is 5.47. The third kappa shape index (κ3) is 2.05. The molecule has 0 amide bonds. The largest absolute Gasteiger partial charge is 0.356 e. The van der Waals surface area contributed by atoms with Gasteiger partial charge in [-0.15, -0.1) is 0 Å². The van der Waals surface area contributed by atoms with Crippen molar-refractivity contribution in [1.29, 1.82) is 0 Å². The summed E-state index contributed by atoms with van der Waals surface area (Å²) in [5.41, 5.74) is 1.56. The fourth-order valence-corrected chi connectivity index (χ4v) is 2.26. The molecule has 3 rings (SSSR count). The second-order valence-electron chi connectivity index (χ2n) is 4.23. The molecular formula is C15H11ClO2. The van der Waals surface area contributed by atoms with E-state index >= 15 is 0 Å². The number of carbonyl (C=O) groups excluding carboxylic acids is 1. The number of carbonyl (C=O) groups is 1. The molecule has 2 atom stereocenters. The van der Waals surface area contributed by atoms with E-state index in [-0.39, 0.29) is 11.9 Å². The van der Waals surface area contributed by atoms with E-state index in [1.165, 1.54) is 0 Å². The van der Waals surface area contributed by atoms with E-state index in [1.807, 2.05) is 42.5 Å². The lowest BCUT2D eigenvalue weighted by Gasteiger charge is -1.99. The van der Waals surface area contributed by atoms with Gasteiger partial charge in [-0.25, -0.2) is 0 Å². The Morgan fingerprint density at radius 1 is 1.00 bits per heavy atom. The lowest BCUT2D eigenvalue weighted by atomic mass is 10.0. The van der Waals surface area contributed by atoms with Gasteiger partial charge in [0.2, 0.25) is 0 Å². The second-order valence-corrected chi connectivity index (χ2v) is 4.64. The van der Waals surface area contributed by atoms with Crippen molar-refractivity contribution in [2.24, 2.45) is 0 Å². The number of rotatable bonds is 3. The Hall–Kier alpha value is -1.64. The maximum absolute atomic E-state index is 12.1. The van der Waals surface area contributed by atoms with Gasteiger partial charge in [0.05, 0.1) is 0 Å². The Labute approximate surface area is 110 Å². The zero-order valence-electron chi connectivity index (χ0n) is 9.55. The van der Waals surface area contributed by atoms with Gasteiger partial charge in [0.15, 0.2) is 11.9 Å². The predicted molar refractivity (Wildman–Crippen MR) is 69.8 cm³/mol. The van der Waals surface area contributed by atoms with Gasteiger partial charge < -0.3 is 4.74 Å². The summed E-state index contributed by atoms with van der Waals surface area (Å²) in [6.07, 6.45) is -0.598. The summed E-state index contributed by atoms with van der Waals surface area (Å²) in [6.45, 7) is 0. The van der Waals surface area contributed by atoms with Crippen molar-refractivity contribution in [1.82, 2.24) is 0 Å². The lowest BCUT2D eigenvalue weighted by molar-refractivity contribution is 0.0953. The Morgan fingerprint density at radius 3 is 2.39 bits per heavy atom. The summed E-state index contributed by atoms with van der Waals surface area (Å²) in [5, 5.41) is 0.644. The van der Waals surface area contributed by atoms with Crippen LogP contribution >= 0.6 is 11.6 Å². The Balaban J connectivity index is 1.79. The monoisotopic (exact) mass is 258 g/mol. The number of hydrogen-bond donors (Lipinski definition) is 0. The van der Waals surface area contributed by atoms with Gasteiger partial charge in [-0.05, 0) is 6.07 Å².